The van der Waals surface area contributed by atoms with Gasteiger partial charge < -0.3 is 20.3 Å². The molecule has 3 N–H and O–H groups in total. The summed E-state index contributed by atoms with van der Waals surface area (Å²) in [6.07, 6.45) is -0.0279. The topological polar surface area (TPSA) is 137 Å². The van der Waals surface area contributed by atoms with E-state index in [0.29, 0.717) is 5.01 Å². The zero-order chi connectivity index (χ0) is 32.8. The molecule has 244 valence electrons. The molecule has 2 aromatic rings. The number of fused-ring (bicyclic) bond motifs is 1. The lowest BCUT2D eigenvalue weighted by atomic mass is 9.86. The molecule has 2 fully saturated rings. The van der Waals surface area contributed by atoms with E-state index >= 15 is 8.78 Å². The van der Waals surface area contributed by atoms with Gasteiger partial charge in [-0.05, 0) is 26.8 Å². The van der Waals surface area contributed by atoms with Crippen LogP contribution in [0, 0.1) is 17.0 Å². The van der Waals surface area contributed by atoms with Gasteiger partial charge in [0.05, 0.1) is 54.5 Å². The first-order valence-corrected chi connectivity index (χ1v) is 15.1. The summed E-state index contributed by atoms with van der Waals surface area (Å²) in [5.41, 5.74) is -1.74. The highest BCUT2D eigenvalue weighted by atomic mass is 35.5. The summed E-state index contributed by atoms with van der Waals surface area (Å²) >= 11 is 7.40. The van der Waals surface area contributed by atoms with Crippen LogP contribution in [0.4, 0.5) is 17.6 Å². The third-order valence-electron chi connectivity index (χ3n) is 8.12. The van der Waals surface area contributed by atoms with Gasteiger partial charge in [-0.1, -0.05) is 17.7 Å². The van der Waals surface area contributed by atoms with Crippen molar-refractivity contribution in [2.45, 2.75) is 50.9 Å². The average Bonchev–Trinajstić information content (AvgIpc) is 3.71. The number of aliphatic imine (C=N–C) groups is 1. The Hall–Kier alpha value is -3.15. The van der Waals surface area contributed by atoms with Crippen molar-refractivity contribution < 1.29 is 46.9 Å². The third kappa shape index (κ3) is 6.18. The SMILES string of the molecule is CCOC(=O)C1=C(CN2CC(F)(F)[C@H]3[C@@H]2CON3C[C@H](O)C(C)(C)C(=O)O)NC(c2nccs2)=N[C@H]1c1ccc(F)c(F)c1Cl. The second kappa shape index (κ2) is 12.6. The smallest absolute Gasteiger partial charge is 0.338 e. The summed E-state index contributed by atoms with van der Waals surface area (Å²) in [5.74, 6) is -7.97. The van der Waals surface area contributed by atoms with Crippen LogP contribution >= 0.6 is 22.9 Å². The predicted octanol–water partition coefficient (Wildman–Crippen LogP) is 3.39. The van der Waals surface area contributed by atoms with Crippen LogP contribution in [0.5, 0.6) is 0 Å². The minimum absolute atomic E-state index is 0.0540. The van der Waals surface area contributed by atoms with Gasteiger partial charge in [0.1, 0.15) is 12.1 Å². The van der Waals surface area contributed by atoms with Gasteiger partial charge in [0, 0.05) is 29.4 Å². The second-order valence-electron chi connectivity index (χ2n) is 11.3. The molecule has 3 aliphatic heterocycles. The van der Waals surface area contributed by atoms with E-state index in [1.165, 1.54) is 42.3 Å². The molecule has 0 radical (unpaired) electrons. The van der Waals surface area contributed by atoms with Crippen LogP contribution in [-0.4, -0.2) is 99.9 Å². The van der Waals surface area contributed by atoms with Gasteiger partial charge in [-0.3, -0.25) is 19.5 Å². The van der Waals surface area contributed by atoms with E-state index in [4.69, 9.17) is 21.2 Å². The van der Waals surface area contributed by atoms with Crippen LogP contribution in [0.1, 0.15) is 37.4 Å². The number of likely N-dealkylation sites (tertiary alicyclic amines) is 1. The highest BCUT2D eigenvalue weighted by Gasteiger charge is 2.61. The number of β-amino-alcohol motifs (C(OH)–C–C–N with tert-alkyl or cyclic N) is 1. The number of aliphatic carboxylic acids is 1. The quantitative estimate of drug-likeness (QED) is 0.195. The summed E-state index contributed by atoms with van der Waals surface area (Å²) < 4.78 is 65.1. The molecule has 1 aromatic carbocycles. The van der Waals surface area contributed by atoms with Crippen molar-refractivity contribution in [3.63, 3.8) is 0 Å². The first-order chi connectivity index (χ1) is 21.2. The Labute approximate surface area is 264 Å². The van der Waals surface area contributed by atoms with Gasteiger partial charge in [0.15, 0.2) is 22.5 Å². The van der Waals surface area contributed by atoms with E-state index in [2.05, 4.69) is 15.3 Å². The number of benzene rings is 1. The zero-order valence-electron chi connectivity index (χ0n) is 24.3. The Bertz CT molecular complexity index is 1540. The summed E-state index contributed by atoms with van der Waals surface area (Å²) in [6.45, 7) is 2.31. The molecular weight excluding hydrogens is 646 g/mol. The van der Waals surface area contributed by atoms with Gasteiger partial charge in [0.25, 0.3) is 5.92 Å². The highest BCUT2D eigenvalue weighted by Crippen LogP contribution is 2.43. The summed E-state index contributed by atoms with van der Waals surface area (Å²) in [6, 6.07) is -1.77. The normalized spacial score (nSPS) is 24.3. The van der Waals surface area contributed by atoms with E-state index in [0.717, 1.165) is 11.1 Å². The molecular formula is C28H30ClF4N5O6S. The Balaban J connectivity index is 1.53. The van der Waals surface area contributed by atoms with E-state index in [1.807, 2.05) is 0 Å². The Kier molecular flexibility index (Phi) is 9.28. The van der Waals surface area contributed by atoms with Gasteiger partial charge >= 0.3 is 11.9 Å². The van der Waals surface area contributed by atoms with Crippen LogP contribution in [0.2, 0.25) is 5.02 Å². The summed E-state index contributed by atoms with van der Waals surface area (Å²) in [7, 11) is 0. The first-order valence-electron chi connectivity index (χ1n) is 13.9. The molecule has 45 heavy (non-hydrogen) atoms. The van der Waals surface area contributed by atoms with Crippen molar-refractivity contribution in [3.8, 4) is 0 Å². The lowest BCUT2D eigenvalue weighted by Crippen LogP contribution is -2.51. The molecule has 4 atom stereocenters. The molecule has 4 heterocycles. The zero-order valence-corrected chi connectivity index (χ0v) is 25.8. The average molecular weight is 676 g/mol. The molecule has 0 spiro atoms. The Morgan fingerprint density at radius 1 is 1.33 bits per heavy atom. The maximum Gasteiger partial charge on any atom is 0.338 e. The maximum atomic E-state index is 15.6. The van der Waals surface area contributed by atoms with Crippen LogP contribution in [0.15, 0.2) is 40.0 Å². The van der Waals surface area contributed by atoms with Gasteiger partial charge in [-0.25, -0.2) is 27.3 Å². The number of amidine groups is 1. The van der Waals surface area contributed by atoms with Crippen molar-refractivity contribution in [3.05, 3.63) is 62.2 Å². The number of nitrogens with zero attached hydrogens (tertiary/aromatic N) is 4. The van der Waals surface area contributed by atoms with E-state index < -0.39 is 77.3 Å². The number of rotatable bonds is 10. The fourth-order valence-corrected chi connectivity index (χ4v) is 6.34. The number of carbonyl (C=O) groups excluding carboxylic acids is 1. The number of hydrogen-bond donors (Lipinski definition) is 3. The molecule has 0 unspecified atom stereocenters. The Morgan fingerprint density at radius 3 is 2.71 bits per heavy atom. The standard InChI is InChI=1S/C28H30ClF4N5O6S/c1-4-43-25(40)18-15(35-23(24-34-7-8-45-24)36-21(18)13-5-6-14(30)20(31)19(13)29)9-37-12-28(32,33)22-16(37)11-44-38(22)10-17(39)27(2,3)26(41)42/h5-8,16-17,21-22,39H,4,9-12H2,1-3H3,(H,35,36)(H,41,42)/t16-,17-,21-,22+/m0/s1. The van der Waals surface area contributed by atoms with Crippen molar-refractivity contribution in [2.75, 3.05) is 32.8 Å². The molecule has 1 aromatic heterocycles. The number of aliphatic hydroxyl groups excluding tert-OH is 1. The number of halogens is 5. The van der Waals surface area contributed by atoms with Gasteiger partial charge in [0.2, 0.25) is 0 Å². The fraction of sp³-hybridized carbons (Fsp3) is 0.500. The monoisotopic (exact) mass is 675 g/mol. The summed E-state index contributed by atoms with van der Waals surface area (Å²) in [5, 5.41) is 25.4. The van der Waals surface area contributed by atoms with Crippen LogP contribution in [-0.2, 0) is 19.2 Å². The fourth-order valence-electron chi connectivity index (χ4n) is 5.49. The van der Waals surface area contributed by atoms with E-state index in [9.17, 15) is 28.6 Å². The third-order valence-corrected chi connectivity index (χ3v) is 9.28. The molecule has 0 amide bonds. The molecule has 0 bridgehead atoms. The van der Waals surface area contributed by atoms with Crippen LogP contribution < -0.4 is 5.32 Å². The van der Waals surface area contributed by atoms with Gasteiger partial charge in [-0.15, -0.1) is 11.3 Å². The van der Waals surface area contributed by atoms with Crippen LogP contribution in [0.25, 0.3) is 0 Å². The number of carboxylic acid groups (broad SMARTS) is 1. The summed E-state index contributed by atoms with van der Waals surface area (Å²) in [4.78, 5) is 40.7. The molecule has 11 nitrogen and oxygen atoms in total. The number of hydroxylamine groups is 2. The maximum absolute atomic E-state index is 15.6. The number of nitrogens with one attached hydrogen (secondary N) is 1. The van der Waals surface area contributed by atoms with Crippen molar-refractivity contribution in [1.82, 2.24) is 20.3 Å². The number of aromatic nitrogens is 1. The molecule has 17 heteroatoms. The predicted molar refractivity (Wildman–Crippen MR) is 154 cm³/mol. The van der Waals surface area contributed by atoms with Gasteiger partial charge in [-0.2, -0.15) is 5.06 Å². The highest BCUT2D eigenvalue weighted by molar-refractivity contribution is 7.11. The number of ether oxygens (including phenoxy) is 1. The second-order valence-corrected chi connectivity index (χ2v) is 12.6. The lowest BCUT2D eigenvalue weighted by molar-refractivity contribution is -0.202. The number of alkyl halides is 2. The first kappa shape index (κ1) is 33.2. The number of esters is 1. The number of carboxylic acids is 1. The minimum Gasteiger partial charge on any atom is -0.481 e. The largest absolute Gasteiger partial charge is 0.481 e. The minimum atomic E-state index is -3.37. The van der Waals surface area contributed by atoms with E-state index in [-0.39, 0.29) is 42.4 Å². The van der Waals surface area contributed by atoms with Crippen molar-refractivity contribution in [1.29, 1.82) is 0 Å². The molecule has 0 aliphatic carbocycles. The number of aliphatic hydroxyl groups is 1. The lowest BCUT2D eigenvalue weighted by Gasteiger charge is -2.32. The van der Waals surface area contributed by atoms with E-state index in [1.54, 1.807) is 12.3 Å². The molecule has 3 aliphatic rings. The Morgan fingerprint density at radius 2 is 2.07 bits per heavy atom. The number of carbonyl (C=O) groups is 2. The number of hydrogen-bond acceptors (Lipinski definition) is 11. The molecule has 2 saturated heterocycles. The molecule has 0 saturated carbocycles. The van der Waals surface area contributed by atoms with Crippen molar-refractivity contribution >= 4 is 40.7 Å². The van der Waals surface area contributed by atoms with Crippen LogP contribution in [0.3, 0.4) is 0 Å². The van der Waals surface area contributed by atoms with Crippen molar-refractivity contribution in [2.24, 2.45) is 10.4 Å². The molecule has 5 rings (SSSR count). The number of thiazole rings is 1.